The number of ether oxygens (including phenoxy) is 1. The van der Waals surface area contributed by atoms with E-state index in [1.54, 1.807) is 0 Å². The van der Waals surface area contributed by atoms with Crippen LogP contribution in [0.3, 0.4) is 0 Å². The third-order valence-electron chi connectivity index (χ3n) is 3.14. The van der Waals surface area contributed by atoms with Gasteiger partial charge in [-0.15, -0.1) is 11.8 Å². The topological polar surface area (TPSA) is 9.23 Å². The predicted octanol–water partition coefficient (Wildman–Crippen LogP) is 5.39. The molecule has 0 aliphatic carbocycles. The lowest BCUT2D eigenvalue weighted by Gasteiger charge is -2.10. The first-order chi connectivity index (χ1) is 9.79. The van der Waals surface area contributed by atoms with Gasteiger partial charge in [0.25, 0.3) is 0 Å². The van der Waals surface area contributed by atoms with Gasteiger partial charge in [0.05, 0.1) is 0 Å². The average molecular weight is 264 g/mol. The molecule has 2 rings (SSSR count). The Kier molecular flexibility index (Phi) is 5.26. The van der Waals surface area contributed by atoms with Crippen molar-refractivity contribution in [1.82, 2.24) is 0 Å². The van der Waals surface area contributed by atoms with Gasteiger partial charge in [0.2, 0.25) is 0 Å². The van der Waals surface area contributed by atoms with Gasteiger partial charge in [-0.3, -0.25) is 0 Å². The van der Waals surface area contributed by atoms with Crippen LogP contribution >= 0.6 is 0 Å². The summed E-state index contributed by atoms with van der Waals surface area (Å²) in [4.78, 5) is 0. The van der Waals surface area contributed by atoms with Crippen molar-refractivity contribution < 1.29 is 4.74 Å². The van der Waals surface area contributed by atoms with Crippen molar-refractivity contribution in [2.24, 2.45) is 0 Å². The van der Waals surface area contributed by atoms with Crippen LogP contribution in [0.2, 0.25) is 0 Å². The Morgan fingerprint density at radius 3 is 2.20 bits per heavy atom. The second kappa shape index (κ2) is 7.40. The third-order valence-corrected chi connectivity index (χ3v) is 3.14. The molecule has 20 heavy (non-hydrogen) atoms. The Morgan fingerprint density at radius 2 is 1.55 bits per heavy atom. The fourth-order valence-corrected chi connectivity index (χ4v) is 1.96. The third kappa shape index (κ3) is 4.17. The second-order valence-corrected chi connectivity index (χ2v) is 4.80. The van der Waals surface area contributed by atoms with Gasteiger partial charge in [0.15, 0.2) is 0 Å². The molecule has 0 heterocycles. The summed E-state index contributed by atoms with van der Waals surface area (Å²) in [5.74, 6) is 8.51. The van der Waals surface area contributed by atoms with Crippen LogP contribution in [0.5, 0.6) is 11.5 Å². The zero-order valence-corrected chi connectivity index (χ0v) is 12.1. The molecule has 0 amide bonds. The van der Waals surface area contributed by atoms with Crippen LogP contribution in [-0.4, -0.2) is 0 Å². The zero-order valence-electron chi connectivity index (χ0n) is 12.1. The molecule has 0 aliphatic heterocycles. The maximum absolute atomic E-state index is 5.78. The molecule has 0 spiro atoms. The summed E-state index contributed by atoms with van der Waals surface area (Å²) < 4.78 is 5.78. The second-order valence-electron chi connectivity index (χ2n) is 4.80. The summed E-state index contributed by atoms with van der Waals surface area (Å²) in [7, 11) is 0. The van der Waals surface area contributed by atoms with Crippen LogP contribution in [0, 0.1) is 11.8 Å². The van der Waals surface area contributed by atoms with Gasteiger partial charge in [-0.2, -0.15) is 0 Å². The Hall–Kier alpha value is -2.20. The molecule has 1 heteroatoms. The molecular formula is C19H20O. The van der Waals surface area contributed by atoms with Crippen molar-refractivity contribution in [3.8, 4) is 23.3 Å². The van der Waals surface area contributed by atoms with E-state index in [2.05, 4.69) is 37.8 Å². The van der Waals surface area contributed by atoms with Gasteiger partial charge in [0.1, 0.15) is 11.5 Å². The lowest BCUT2D eigenvalue weighted by Crippen LogP contribution is -1.92. The normalized spacial score (nSPS) is 11.3. The maximum Gasteiger partial charge on any atom is 0.127 e. The fraction of sp³-hybridized carbons (Fsp3) is 0.263. The molecule has 102 valence electrons. The molecule has 0 saturated carbocycles. The first-order valence-corrected chi connectivity index (χ1v) is 7.08. The minimum Gasteiger partial charge on any atom is -0.457 e. The molecule has 0 fully saturated rings. The summed E-state index contributed by atoms with van der Waals surface area (Å²) in [5, 5.41) is 0. The minimum absolute atomic E-state index is 0.458. The zero-order chi connectivity index (χ0) is 14.2. The molecule has 0 bridgehead atoms. The van der Waals surface area contributed by atoms with Crippen LogP contribution < -0.4 is 4.74 Å². The SMILES string of the molecule is CCC#CCC(C)c1ccc(Oc2ccccc2)cc1. The van der Waals surface area contributed by atoms with Crippen molar-refractivity contribution >= 4 is 0 Å². The minimum atomic E-state index is 0.458. The molecule has 0 N–H and O–H groups in total. The van der Waals surface area contributed by atoms with Crippen molar-refractivity contribution in [3.63, 3.8) is 0 Å². The summed E-state index contributed by atoms with van der Waals surface area (Å²) in [6.45, 7) is 4.28. The van der Waals surface area contributed by atoms with Gasteiger partial charge in [-0.25, -0.2) is 0 Å². The van der Waals surface area contributed by atoms with E-state index >= 15 is 0 Å². The van der Waals surface area contributed by atoms with Crippen LogP contribution in [0.4, 0.5) is 0 Å². The molecule has 1 unspecified atom stereocenters. The molecule has 1 nitrogen and oxygen atoms in total. The van der Waals surface area contributed by atoms with E-state index in [1.807, 2.05) is 42.5 Å². The van der Waals surface area contributed by atoms with Gasteiger partial charge < -0.3 is 4.74 Å². The van der Waals surface area contributed by atoms with Gasteiger partial charge in [0, 0.05) is 12.8 Å². The highest BCUT2D eigenvalue weighted by atomic mass is 16.5. The first-order valence-electron chi connectivity index (χ1n) is 7.08. The molecule has 0 radical (unpaired) electrons. The summed E-state index contributed by atoms with van der Waals surface area (Å²) >= 11 is 0. The van der Waals surface area contributed by atoms with Gasteiger partial charge in [-0.1, -0.05) is 44.2 Å². The Bertz CT molecular complexity index is 573. The highest BCUT2D eigenvalue weighted by molar-refractivity contribution is 5.34. The lowest BCUT2D eigenvalue weighted by atomic mass is 9.98. The molecule has 0 aromatic heterocycles. The van der Waals surface area contributed by atoms with E-state index < -0.39 is 0 Å². The van der Waals surface area contributed by atoms with Crippen LogP contribution in [0.1, 0.15) is 38.2 Å². The van der Waals surface area contributed by atoms with Crippen molar-refractivity contribution in [1.29, 1.82) is 0 Å². The van der Waals surface area contributed by atoms with Crippen LogP contribution in [-0.2, 0) is 0 Å². The summed E-state index contributed by atoms with van der Waals surface area (Å²) in [5.41, 5.74) is 1.30. The van der Waals surface area contributed by atoms with E-state index in [0.29, 0.717) is 5.92 Å². The number of benzene rings is 2. The highest BCUT2D eigenvalue weighted by Crippen LogP contribution is 2.24. The maximum atomic E-state index is 5.78. The van der Waals surface area contributed by atoms with Gasteiger partial charge in [-0.05, 0) is 35.7 Å². The van der Waals surface area contributed by atoms with E-state index in [9.17, 15) is 0 Å². The number of hydrogen-bond donors (Lipinski definition) is 0. The largest absolute Gasteiger partial charge is 0.457 e. The van der Waals surface area contributed by atoms with Crippen molar-refractivity contribution in [2.45, 2.75) is 32.6 Å². The van der Waals surface area contributed by atoms with Crippen LogP contribution in [0.25, 0.3) is 0 Å². The van der Waals surface area contributed by atoms with Crippen LogP contribution in [0.15, 0.2) is 54.6 Å². The first kappa shape index (κ1) is 14.2. The Morgan fingerprint density at radius 1 is 0.900 bits per heavy atom. The Labute approximate surface area is 121 Å². The number of rotatable bonds is 4. The number of para-hydroxylation sites is 1. The van der Waals surface area contributed by atoms with E-state index in [1.165, 1.54) is 5.56 Å². The molecule has 2 aromatic rings. The molecule has 1 atom stereocenters. The summed E-state index contributed by atoms with van der Waals surface area (Å²) in [6, 6.07) is 18.1. The standard InChI is InChI=1S/C19H20O/c1-3-4-6-9-16(2)17-12-14-19(15-13-17)20-18-10-7-5-8-11-18/h5,7-8,10-16H,3,9H2,1-2H3. The fourth-order valence-electron chi connectivity index (χ4n) is 1.96. The Balaban J connectivity index is 1.99. The van der Waals surface area contributed by atoms with E-state index in [-0.39, 0.29) is 0 Å². The highest BCUT2D eigenvalue weighted by Gasteiger charge is 2.04. The predicted molar refractivity (Wildman–Crippen MR) is 84.1 cm³/mol. The lowest BCUT2D eigenvalue weighted by molar-refractivity contribution is 0.482. The smallest absolute Gasteiger partial charge is 0.127 e. The van der Waals surface area contributed by atoms with Gasteiger partial charge >= 0.3 is 0 Å². The van der Waals surface area contributed by atoms with Crippen molar-refractivity contribution in [2.75, 3.05) is 0 Å². The monoisotopic (exact) mass is 264 g/mol. The quantitative estimate of drug-likeness (QED) is 0.673. The van der Waals surface area contributed by atoms with E-state index in [4.69, 9.17) is 4.74 Å². The summed E-state index contributed by atoms with van der Waals surface area (Å²) in [6.07, 6.45) is 1.84. The van der Waals surface area contributed by atoms with E-state index in [0.717, 1.165) is 24.3 Å². The van der Waals surface area contributed by atoms with Crippen molar-refractivity contribution in [3.05, 3.63) is 60.2 Å². The molecular weight excluding hydrogens is 244 g/mol. The number of hydrogen-bond acceptors (Lipinski definition) is 1. The molecule has 0 aliphatic rings. The average Bonchev–Trinajstić information content (AvgIpc) is 2.49. The molecule has 2 aromatic carbocycles. The molecule has 0 saturated heterocycles.